The number of H-pyrrole nitrogens is 1. The average molecular weight is 375 g/mol. The van der Waals surface area contributed by atoms with Gasteiger partial charge in [-0.15, -0.1) is 0 Å². The third-order valence-electron chi connectivity index (χ3n) is 5.87. The summed E-state index contributed by atoms with van der Waals surface area (Å²) in [5.74, 6) is 1.21. The molecule has 1 fully saturated rings. The third kappa shape index (κ3) is 2.39. The van der Waals surface area contributed by atoms with Crippen molar-refractivity contribution in [1.82, 2.24) is 15.3 Å². The molecule has 1 saturated carbocycles. The van der Waals surface area contributed by atoms with Gasteiger partial charge < -0.3 is 20.8 Å². The summed E-state index contributed by atoms with van der Waals surface area (Å²) in [6.45, 7) is 0.0869. The predicted molar refractivity (Wildman–Crippen MR) is 108 cm³/mol. The number of hydrogen-bond donors (Lipinski definition) is 3. The summed E-state index contributed by atoms with van der Waals surface area (Å²) >= 11 is 0. The van der Waals surface area contributed by atoms with Crippen LogP contribution in [0.4, 0.5) is 5.69 Å². The highest BCUT2D eigenvalue weighted by Crippen LogP contribution is 2.54. The monoisotopic (exact) mass is 375 g/mol. The lowest BCUT2D eigenvalue weighted by molar-refractivity contribution is -0.117. The number of methoxy groups -OCH3 is 1. The maximum atomic E-state index is 11.2. The van der Waals surface area contributed by atoms with Crippen LogP contribution in [-0.4, -0.2) is 35.4 Å². The van der Waals surface area contributed by atoms with Crippen LogP contribution < -0.4 is 15.8 Å². The zero-order valence-electron chi connectivity index (χ0n) is 15.6. The van der Waals surface area contributed by atoms with Gasteiger partial charge in [-0.1, -0.05) is 6.42 Å². The maximum absolute atomic E-state index is 11.2. The van der Waals surface area contributed by atoms with Crippen LogP contribution in [0.1, 0.15) is 24.8 Å². The van der Waals surface area contributed by atoms with Crippen LogP contribution in [0.2, 0.25) is 0 Å². The lowest BCUT2D eigenvalue weighted by Gasteiger charge is -2.40. The summed E-state index contributed by atoms with van der Waals surface area (Å²) < 4.78 is 5.72. The van der Waals surface area contributed by atoms with Crippen LogP contribution in [0.15, 0.2) is 41.7 Å². The Hall–Kier alpha value is -3.35. The summed E-state index contributed by atoms with van der Waals surface area (Å²) in [7, 11) is 1.67. The first kappa shape index (κ1) is 16.8. The standard InChI is InChI=1S/C21H21N5O2/c1-28-18-8-14-17(26-20(25-11-19(22)27)21(14)4-2-5-21)7-13(18)16-9-15-12(10-24-16)3-6-23-15/h3,6-10,23H,2,4-5,11H2,1H3,(H2,22,27)(H,25,26). The van der Waals surface area contributed by atoms with Crippen LogP contribution in [0, 0.1) is 0 Å². The molecule has 0 atom stereocenters. The number of amidine groups is 1. The number of pyridine rings is 1. The number of aliphatic imine (C=N–C) groups is 1. The highest BCUT2D eigenvalue weighted by atomic mass is 16.5. The molecule has 2 aromatic heterocycles. The number of benzene rings is 1. The van der Waals surface area contributed by atoms with Gasteiger partial charge in [-0.3, -0.25) is 9.78 Å². The molecule has 7 heteroatoms. The smallest absolute Gasteiger partial charge is 0.236 e. The molecule has 3 heterocycles. The van der Waals surface area contributed by atoms with Gasteiger partial charge in [-0.25, -0.2) is 4.99 Å². The number of nitrogens with zero attached hydrogens (tertiary/aromatic N) is 2. The first-order valence-electron chi connectivity index (χ1n) is 9.38. The number of aromatic nitrogens is 2. The molecule has 0 bridgehead atoms. The van der Waals surface area contributed by atoms with Gasteiger partial charge >= 0.3 is 0 Å². The van der Waals surface area contributed by atoms with Crippen molar-refractivity contribution in [2.24, 2.45) is 10.7 Å². The van der Waals surface area contributed by atoms with Crippen molar-refractivity contribution in [3.8, 4) is 17.0 Å². The first-order chi connectivity index (χ1) is 13.6. The molecule has 1 aromatic carbocycles. The number of carbonyl (C=O) groups excluding carboxylic acids is 1. The van der Waals surface area contributed by atoms with E-state index in [1.165, 1.54) is 0 Å². The number of ether oxygens (including phenoxy) is 1. The second kappa shape index (κ2) is 6.09. The van der Waals surface area contributed by atoms with E-state index in [-0.39, 0.29) is 12.0 Å². The summed E-state index contributed by atoms with van der Waals surface area (Å²) in [4.78, 5) is 23.9. The molecule has 1 spiro atoms. The van der Waals surface area contributed by atoms with Crippen LogP contribution in [0.3, 0.4) is 0 Å². The van der Waals surface area contributed by atoms with Crippen molar-refractivity contribution in [2.45, 2.75) is 24.7 Å². The Morgan fingerprint density at radius 3 is 2.93 bits per heavy atom. The topological polar surface area (TPSA) is 105 Å². The van der Waals surface area contributed by atoms with Gasteiger partial charge in [0.1, 0.15) is 11.6 Å². The fourth-order valence-electron chi connectivity index (χ4n) is 4.28. The van der Waals surface area contributed by atoms with E-state index in [1.807, 2.05) is 30.6 Å². The van der Waals surface area contributed by atoms with E-state index in [0.29, 0.717) is 0 Å². The van der Waals surface area contributed by atoms with Crippen molar-refractivity contribution >= 4 is 28.3 Å². The first-order valence-corrected chi connectivity index (χ1v) is 9.38. The van der Waals surface area contributed by atoms with Gasteiger partial charge in [0.2, 0.25) is 5.91 Å². The highest BCUT2D eigenvalue weighted by molar-refractivity contribution is 6.03. The molecular weight excluding hydrogens is 354 g/mol. The molecular formula is C21H21N5O2. The van der Waals surface area contributed by atoms with Gasteiger partial charge in [0.05, 0.1) is 30.5 Å². The molecule has 1 aliphatic heterocycles. The third-order valence-corrected chi connectivity index (χ3v) is 5.87. The summed E-state index contributed by atoms with van der Waals surface area (Å²) in [5, 5.41) is 4.22. The minimum absolute atomic E-state index is 0.0869. The number of nitrogens with one attached hydrogen (secondary N) is 2. The summed E-state index contributed by atoms with van der Waals surface area (Å²) in [6.07, 6.45) is 6.88. The molecule has 28 heavy (non-hydrogen) atoms. The minimum Gasteiger partial charge on any atom is -0.496 e. The SMILES string of the molecule is COc1cc2c(cc1-c1cc3[nH]ccc3cn1)N=C(NCC(N)=O)C21CCC1. The molecule has 142 valence electrons. The number of rotatable bonds is 4. The van der Waals surface area contributed by atoms with E-state index in [2.05, 4.69) is 21.4 Å². The molecule has 7 nitrogen and oxygen atoms in total. The van der Waals surface area contributed by atoms with E-state index in [4.69, 9.17) is 15.5 Å². The number of carbonyl (C=O) groups is 1. The number of aromatic amines is 1. The van der Waals surface area contributed by atoms with Crippen molar-refractivity contribution in [2.75, 3.05) is 13.7 Å². The quantitative estimate of drug-likeness (QED) is 0.652. The Kier molecular flexibility index (Phi) is 3.65. The summed E-state index contributed by atoms with van der Waals surface area (Å²) in [6, 6.07) is 8.12. The second-order valence-electron chi connectivity index (χ2n) is 7.42. The maximum Gasteiger partial charge on any atom is 0.236 e. The van der Waals surface area contributed by atoms with E-state index in [9.17, 15) is 4.79 Å². The molecule has 1 aliphatic carbocycles. The Labute approximate surface area is 162 Å². The average Bonchev–Trinajstić information content (AvgIpc) is 3.25. The van der Waals surface area contributed by atoms with Crippen molar-refractivity contribution in [1.29, 1.82) is 0 Å². The Balaban J connectivity index is 1.62. The fourth-order valence-corrected chi connectivity index (χ4v) is 4.28. The van der Waals surface area contributed by atoms with Crippen LogP contribution in [0.25, 0.3) is 22.2 Å². The predicted octanol–water partition coefficient (Wildman–Crippen LogP) is 2.78. The molecule has 0 saturated heterocycles. The van der Waals surface area contributed by atoms with Crippen molar-refractivity contribution < 1.29 is 9.53 Å². The Morgan fingerprint density at radius 2 is 2.21 bits per heavy atom. The summed E-state index contributed by atoms with van der Waals surface area (Å²) in [5.41, 5.74) is 9.95. The molecule has 0 unspecified atom stereocenters. The van der Waals surface area contributed by atoms with Gasteiger partial charge in [0.15, 0.2) is 0 Å². The zero-order valence-corrected chi connectivity index (χ0v) is 15.6. The largest absolute Gasteiger partial charge is 0.496 e. The van der Waals surface area contributed by atoms with E-state index < -0.39 is 5.91 Å². The number of nitrogens with two attached hydrogens (primary N) is 1. The van der Waals surface area contributed by atoms with E-state index in [0.717, 1.165) is 64.3 Å². The number of fused-ring (bicyclic) bond motifs is 3. The molecule has 4 N–H and O–H groups in total. The number of primary amides is 1. The molecule has 5 rings (SSSR count). The van der Waals surface area contributed by atoms with Crippen molar-refractivity contribution in [3.63, 3.8) is 0 Å². The highest BCUT2D eigenvalue weighted by Gasteiger charge is 2.48. The van der Waals surface area contributed by atoms with Gasteiger partial charge in [0.25, 0.3) is 0 Å². The molecule has 0 radical (unpaired) electrons. The van der Waals surface area contributed by atoms with E-state index in [1.54, 1.807) is 7.11 Å². The number of hydrogen-bond acceptors (Lipinski definition) is 5. The van der Waals surface area contributed by atoms with E-state index >= 15 is 0 Å². The molecule has 3 aromatic rings. The lowest BCUT2D eigenvalue weighted by atomic mass is 9.64. The van der Waals surface area contributed by atoms with Gasteiger partial charge in [-0.2, -0.15) is 0 Å². The van der Waals surface area contributed by atoms with Crippen molar-refractivity contribution in [3.05, 3.63) is 42.2 Å². The van der Waals surface area contributed by atoms with Crippen LogP contribution >= 0.6 is 0 Å². The van der Waals surface area contributed by atoms with Crippen LogP contribution in [0.5, 0.6) is 5.75 Å². The Morgan fingerprint density at radius 1 is 1.36 bits per heavy atom. The fraction of sp³-hybridized carbons (Fsp3) is 0.286. The number of amides is 1. The zero-order chi connectivity index (χ0) is 19.3. The Bertz CT molecular complexity index is 1130. The van der Waals surface area contributed by atoms with Crippen LogP contribution in [-0.2, 0) is 10.2 Å². The minimum atomic E-state index is -0.394. The second-order valence-corrected chi connectivity index (χ2v) is 7.42. The van der Waals surface area contributed by atoms with Gasteiger partial charge in [0, 0.05) is 28.9 Å². The normalized spacial score (nSPS) is 16.5. The molecule has 1 amide bonds. The lowest BCUT2D eigenvalue weighted by Crippen LogP contribution is -2.49. The molecule has 2 aliphatic rings. The van der Waals surface area contributed by atoms with Gasteiger partial charge in [-0.05, 0) is 42.7 Å².